The van der Waals surface area contributed by atoms with Gasteiger partial charge >= 0.3 is 5.97 Å². The van der Waals surface area contributed by atoms with Gasteiger partial charge in [0.05, 0.1) is 19.1 Å². The molecule has 7 amide bonds. The first-order valence-electron chi connectivity index (χ1n) is 17.2. The molecule has 9 N–H and O–H groups in total. The van der Waals surface area contributed by atoms with Crippen LogP contribution in [0, 0.1) is 5.92 Å². The fraction of sp³-hybridized carbons (Fsp3) is 0.588. The average molecular weight is 732 g/mol. The minimum absolute atomic E-state index is 0.0899. The molecule has 0 aliphatic carbocycles. The first kappa shape index (κ1) is 41.3. The van der Waals surface area contributed by atoms with Crippen molar-refractivity contribution in [3.63, 3.8) is 0 Å². The van der Waals surface area contributed by atoms with Crippen LogP contribution in [-0.4, -0.2) is 129 Å². The van der Waals surface area contributed by atoms with Gasteiger partial charge in [-0.05, 0) is 38.2 Å². The van der Waals surface area contributed by atoms with Crippen LogP contribution >= 0.6 is 0 Å². The number of aliphatic hydroxyl groups is 2. The molecule has 0 unspecified atom stereocenters. The lowest BCUT2D eigenvalue weighted by Gasteiger charge is -2.32. The number of carboxylic acid groups (broad SMARTS) is 1. The Labute approximate surface area is 300 Å². The van der Waals surface area contributed by atoms with Gasteiger partial charge in [0.1, 0.15) is 42.3 Å². The highest BCUT2D eigenvalue weighted by molar-refractivity contribution is 5.99. The highest BCUT2D eigenvalue weighted by Gasteiger charge is 2.41. The monoisotopic (exact) mass is 731 g/mol. The van der Waals surface area contributed by atoms with E-state index in [2.05, 4.69) is 31.9 Å². The van der Waals surface area contributed by atoms with E-state index in [1.165, 1.54) is 18.7 Å². The second-order valence-corrected chi connectivity index (χ2v) is 13.2. The third-order valence-corrected chi connectivity index (χ3v) is 9.17. The van der Waals surface area contributed by atoms with E-state index in [-0.39, 0.29) is 19.4 Å². The standard InChI is InChI=1S/C34H49N7O11/c1-5-17(2)26-34(52)41-13-9-12-24(41)32(50)37-21(14-20-10-7-6-8-11-20)29(47)36-22(15-25(44)45)30(48)38-23(16-42)31(49)40-27(19(4)43)33(51)35-18(3)28(46)39-26/h6-8,10-11,17-19,21-24,26-27,42-43H,5,9,12-16H2,1-4H3,(H,35,51)(H,36,47)(H,37,50)(H,38,48)(H,39,46)(H,40,49)(H,44,45)/t17-,18-,19+,21-,22-,23-,24-,26-,27-/m0/s1. The highest BCUT2D eigenvalue weighted by Crippen LogP contribution is 2.22. The minimum atomic E-state index is -1.80. The molecule has 0 radical (unpaired) electrons. The van der Waals surface area contributed by atoms with E-state index in [0.29, 0.717) is 18.4 Å². The van der Waals surface area contributed by atoms with Crippen LogP contribution in [-0.2, 0) is 44.8 Å². The van der Waals surface area contributed by atoms with Crippen LogP contribution in [0.1, 0.15) is 58.9 Å². The van der Waals surface area contributed by atoms with Gasteiger partial charge in [0.2, 0.25) is 41.4 Å². The average Bonchev–Trinajstić information content (AvgIpc) is 3.60. The predicted molar refractivity (Wildman–Crippen MR) is 183 cm³/mol. The second-order valence-electron chi connectivity index (χ2n) is 13.2. The maximum Gasteiger partial charge on any atom is 0.305 e. The lowest BCUT2D eigenvalue weighted by molar-refractivity contribution is -0.143. The van der Waals surface area contributed by atoms with Gasteiger partial charge in [-0.15, -0.1) is 0 Å². The van der Waals surface area contributed by atoms with Crippen LogP contribution in [0.3, 0.4) is 0 Å². The maximum atomic E-state index is 14.0. The maximum absolute atomic E-state index is 14.0. The summed E-state index contributed by atoms with van der Waals surface area (Å²) in [6.07, 6.45) is -1.46. The molecule has 0 saturated carbocycles. The van der Waals surface area contributed by atoms with Crippen molar-refractivity contribution in [1.29, 1.82) is 0 Å². The number of fused-ring (bicyclic) bond motifs is 1. The molecule has 52 heavy (non-hydrogen) atoms. The smallest absolute Gasteiger partial charge is 0.305 e. The number of rotatable bonds is 8. The predicted octanol–water partition coefficient (Wildman–Crippen LogP) is -2.94. The molecular formula is C34H49N7O11. The van der Waals surface area contributed by atoms with Crippen LogP contribution < -0.4 is 31.9 Å². The molecule has 2 aliphatic rings. The van der Waals surface area contributed by atoms with Crippen molar-refractivity contribution in [3.8, 4) is 0 Å². The lowest BCUT2D eigenvalue weighted by Crippen LogP contribution is -2.62. The lowest BCUT2D eigenvalue weighted by atomic mass is 9.96. The molecular weight excluding hydrogens is 682 g/mol. The van der Waals surface area contributed by atoms with E-state index in [4.69, 9.17) is 0 Å². The fourth-order valence-electron chi connectivity index (χ4n) is 5.92. The quantitative estimate of drug-likeness (QED) is 0.130. The van der Waals surface area contributed by atoms with E-state index in [0.717, 1.165) is 0 Å². The molecule has 2 aliphatic heterocycles. The van der Waals surface area contributed by atoms with Crippen molar-refractivity contribution in [2.45, 2.75) is 108 Å². The summed E-state index contributed by atoms with van der Waals surface area (Å²) in [4.78, 5) is 108. The zero-order chi connectivity index (χ0) is 38.7. The molecule has 3 rings (SSSR count). The number of hydrogen-bond acceptors (Lipinski definition) is 10. The number of benzene rings is 1. The van der Waals surface area contributed by atoms with E-state index in [9.17, 15) is 53.7 Å². The minimum Gasteiger partial charge on any atom is -0.481 e. The van der Waals surface area contributed by atoms with Crippen molar-refractivity contribution in [3.05, 3.63) is 35.9 Å². The van der Waals surface area contributed by atoms with E-state index >= 15 is 0 Å². The Kier molecular flexibility index (Phi) is 15.0. The molecule has 0 spiro atoms. The summed E-state index contributed by atoms with van der Waals surface area (Å²) in [5.74, 6) is -8.24. The van der Waals surface area contributed by atoms with Crippen LogP contribution in [0.2, 0.25) is 0 Å². The van der Waals surface area contributed by atoms with Crippen molar-refractivity contribution in [2.24, 2.45) is 5.92 Å². The fourth-order valence-corrected chi connectivity index (χ4v) is 5.92. The molecule has 2 saturated heterocycles. The number of carbonyl (C=O) groups is 8. The number of hydrogen-bond donors (Lipinski definition) is 9. The SMILES string of the molecule is CC[C@H](C)[C@@H]1NC(=O)[C@H](C)NC(=O)[C@H]([C@@H](C)O)NC(=O)[C@H](CO)NC(=O)[C@H](CC(=O)O)NC(=O)[C@H](Cc2ccccc2)NC(=O)[C@@H]2CCCN2C1=O. The van der Waals surface area contributed by atoms with Gasteiger partial charge in [-0.2, -0.15) is 0 Å². The van der Waals surface area contributed by atoms with Gasteiger partial charge in [-0.25, -0.2) is 0 Å². The zero-order valence-electron chi connectivity index (χ0n) is 29.6. The molecule has 1 aromatic carbocycles. The summed E-state index contributed by atoms with van der Waals surface area (Å²) >= 11 is 0. The molecule has 1 aromatic rings. The number of carbonyl (C=O) groups excluding carboxylic acids is 7. The molecule has 9 atom stereocenters. The molecule has 0 bridgehead atoms. The third kappa shape index (κ3) is 10.9. The van der Waals surface area contributed by atoms with E-state index in [1.54, 1.807) is 37.3 Å². The Bertz CT molecular complexity index is 1490. The highest BCUT2D eigenvalue weighted by atomic mass is 16.4. The van der Waals surface area contributed by atoms with Crippen LogP contribution in [0.5, 0.6) is 0 Å². The Morgan fingerprint density at radius 2 is 1.37 bits per heavy atom. The number of aliphatic hydroxyl groups excluding tert-OH is 2. The van der Waals surface area contributed by atoms with Crippen LogP contribution in [0.25, 0.3) is 0 Å². The van der Waals surface area contributed by atoms with Crippen LogP contribution in [0.4, 0.5) is 0 Å². The third-order valence-electron chi connectivity index (χ3n) is 9.17. The topological polar surface area (TPSA) is 273 Å². The number of carboxylic acids is 1. The van der Waals surface area contributed by atoms with Crippen molar-refractivity contribution in [1.82, 2.24) is 36.8 Å². The Morgan fingerprint density at radius 1 is 0.788 bits per heavy atom. The Morgan fingerprint density at radius 3 is 1.96 bits per heavy atom. The van der Waals surface area contributed by atoms with Crippen molar-refractivity contribution >= 4 is 47.3 Å². The molecule has 0 aromatic heterocycles. The molecule has 18 nitrogen and oxygen atoms in total. The summed E-state index contributed by atoms with van der Waals surface area (Å²) in [5.41, 5.74) is 0.605. The van der Waals surface area contributed by atoms with Gasteiger partial charge in [-0.1, -0.05) is 50.6 Å². The van der Waals surface area contributed by atoms with Gasteiger partial charge in [0.15, 0.2) is 0 Å². The summed E-state index contributed by atoms with van der Waals surface area (Å²) in [5, 5.41) is 44.3. The van der Waals surface area contributed by atoms with E-state index < -0.39 is 115 Å². The first-order valence-corrected chi connectivity index (χ1v) is 17.2. The Hall–Kier alpha value is -5.10. The number of amides is 7. The molecule has 286 valence electrons. The second kappa shape index (κ2) is 18.9. The summed E-state index contributed by atoms with van der Waals surface area (Å²) in [6, 6.07) is -1.54. The summed E-state index contributed by atoms with van der Waals surface area (Å²) in [7, 11) is 0. The largest absolute Gasteiger partial charge is 0.481 e. The van der Waals surface area contributed by atoms with Crippen molar-refractivity contribution in [2.75, 3.05) is 13.2 Å². The zero-order valence-corrected chi connectivity index (χ0v) is 29.6. The van der Waals surface area contributed by atoms with Crippen molar-refractivity contribution < 1.29 is 53.7 Å². The summed E-state index contributed by atoms with van der Waals surface area (Å²) < 4.78 is 0. The Balaban J connectivity index is 2.08. The normalized spacial score (nSPS) is 28.5. The first-order chi connectivity index (χ1) is 24.6. The molecule has 18 heteroatoms. The van der Waals surface area contributed by atoms with Crippen LogP contribution in [0.15, 0.2) is 30.3 Å². The summed E-state index contributed by atoms with van der Waals surface area (Å²) in [6.45, 7) is 5.18. The molecule has 2 heterocycles. The van der Waals surface area contributed by atoms with Gasteiger partial charge in [0, 0.05) is 13.0 Å². The van der Waals surface area contributed by atoms with Gasteiger partial charge in [0.25, 0.3) is 0 Å². The molecule has 2 fully saturated rings. The van der Waals surface area contributed by atoms with Gasteiger partial charge < -0.3 is 52.1 Å². The number of aliphatic carboxylic acids is 1. The number of nitrogens with one attached hydrogen (secondary N) is 6. The number of nitrogens with zero attached hydrogens (tertiary/aromatic N) is 1. The van der Waals surface area contributed by atoms with E-state index in [1.807, 2.05) is 6.92 Å². The van der Waals surface area contributed by atoms with Gasteiger partial charge in [-0.3, -0.25) is 38.4 Å².